The average Bonchev–Trinajstić information content (AvgIpc) is 2.83. The maximum Gasteiger partial charge on any atom is 0.123 e. The lowest BCUT2D eigenvalue weighted by Crippen LogP contribution is -2.12. The zero-order valence-electron chi connectivity index (χ0n) is 11.3. The lowest BCUT2D eigenvalue weighted by atomic mass is 10.0. The minimum atomic E-state index is 0.330. The topological polar surface area (TPSA) is 18.5 Å². The molecule has 2 heteroatoms. The van der Waals surface area contributed by atoms with Gasteiger partial charge in [-0.05, 0) is 37.1 Å². The molecule has 1 aliphatic heterocycles. The van der Waals surface area contributed by atoms with Crippen LogP contribution >= 0.6 is 0 Å². The molecule has 0 saturated carbocycles. The first-order chi connectivity index (χ1) is 9.24. The van der Waals surface area contributed by atoms with Gasteiger partial charge in [0.05, 0.1) is 19.1 Å². The van der Waals surface area contributed by atoms with Crippen LogP contribution in [0.5, 0.6) is 11.5 Å². The van der Waals surface area contributed by atoms with Crippen molar-refractivity contribution in [3.63, 3.8) is 0 Å². The molecule has 0 aliphatic carbocycles. The van der Waals surface area contributed by atoms with Crippen LogP contribution in [0, 0.1) is 13.8 Å². The highest BCUT2D eigenvalue weighted by Crippen LogP contribution is 2.34. The Balaban J connectivity index is 1.72. The van der Waals surface area contributed by atoms with Crippen molar-refractivity contribution in [2.75, 3.05) is 13.2 Å². The first-order valence-electron chi connectivity index (χ1n) is 6.66. The van der Waals surface area contributed by atoms with Crippen molar-refractivity contribution in [2.24, 2.45) is 0 Å². The first-order valence-corrected chi connectivity index (χ1v) is 6.66. The standard InChI is InChI=1S/C17H18O2/c1-12-7-8-13(2)17(9-12)19-11-14-10-18-16-6-4-3-5-15(14)16/h3-9,14H,10-11H2,1-2H3. The van der Waals surface area contributed by atoms with E-state index in [0.29, 0.717) is 19.1 Å². The Morgan fingerprint density at radius 1 is 1.16 bits per heavy atom. The first kappa shape index (κ1) is 12.1. The molecule has 0 spiro atoms. The van der Waals surface area contributed by atoms with Crippen LogP contribution in [0.2, 0.25) is 0 Å². The quantitative estimate of drug-likeness (QED) is 0.828. The molecule has 0 fully saturated rings. The number of hydrogen-bond acceptors (Lipinski definition) is 2. The Labute approximate surface area is 114 Å². The summed E-state index contributed by atoms with van der Waals surface area (Å²) in [6.45, 7) is 5.54. The normalized spacial score (nSPS) is 16.8. The van der Waals surface area contributed by atoms with Gasteiger partial charge >= 0.3 is 0 Å². The number of hydrogen-bond donors (Lipinski definition) is 0. The van der Waals surface area contributed by atoms with Crippen LogP contribution in [0.3, 0.4) is 0 Å². The van der Waals surface area contributed by atoms with Gasteiger partial charge in [-0.15, -0.1) is 0 Å². The number of ether oxygens (including phenoxy) is 2. The predicted molar refractivity (Wildman–Crippen MR) is 76.1 cm³/mol. The molecule has 19 heavy (non-hydrogen) atoms. The molecule has 0 amide bonds. The summed E-state index contributed by atoms with van der Waals surface area (Å²) in [5.74, 6) is 2.30. The van der Waals surface area contributed by atoms with Crippen molar-refractivity contribution in [3.8, 4) is 11.5 Å². The van der Waals surface area contributed by atoms with Crippen LogP contribution in [-0.2, 0) is 0 Å². The van der Waals surface area contributed by atoms with Gasteiger partial charge in [-0.25, -0.2) is 0 Å². The van der Waals surface area contributed by atoms with Crippen molar-refractivity contribution >= 4 is 0 Å². The van der Waals surface area contributed by atoms with E-state index in [1.165, 1.54) is 16.7 Å². The second kappa shape index (κ2) is 4.96. The Morgan fingerprint density at radius 2 is 2.00 bits per heavy atom. The molecule has 1 unspecified atom stereocenters. The Kier molecular flexibility index (Phi) is 3.16. The van der Waals surface area contributed by atoms with E-state index < -0.39 is 0 Å². The molecule has 0 saturated heterocycles. The predicted octanol–water partition coefficient (Wildman–Crippen LogP) is 3.86. The Bertz CT molecular complexity index is 590. The lowest BCUT2D eigenvalue weighted by Gasteiger charge is -2.13. The highest BCUT2D eigenvalue weighted by molar-refractivity contribution is 5.40. The van der Waals surface area contributed by atoms with E-state index in [-0.39, 0.29) is 0 Å². The number of benzene rings is 2. The van der Waals surface area contributed by atoms with Crippen LogP contribution in [0.15, 0.2) is 42.5 Å². The van der Waals surface area contributed by atoms with Crippen molar-refractivity contribution in [3.05, 3.63) is 59.2 Å². The van der Waals surface area contributed by atoms with Gasteiger partial charge in [0.25, 0.3) is 0 Å². The van der Waals surface area contributed by atoms with Crippen LogP contribution in [0.4, 0.5) is 0 Å². The smallest absolute Gasteiger partial charge is 0.123 e. The molecule has 1 atom stereocenters. The zero-order chi connectivity index (χ0) is 13.2. The van der Waals surface area contributed by atoms with E-state index in [1.54, 1.807) is 0 Å². The van der Waals surface area contributed by atoms with Gasteiger partial charge in [0.15, 0.2) is 0 Å². The van der Waals surface area contributed by atoms with Gasteiger partial charge in [-0.2, -0.15) is 0 Å². The van der Waals surface area contributed by atoms with E-state index in [2.05, 4.69) is 44.2 Å². The molecule has 0 radical (unpaired) electrons. The van der Waals surface area contributed by atoms with Gasteiger partial charge in [0, 0.05) is 5.56 Å². The van der Waals surface area contributed by atoms with E-state index in [1.807, 2.05) is 12.1 Å². The van der Waals surface area contributed by atoms with Crippen LogP contribution in [0.1, 0.15) is 22.6 Å². The summed E-state index contributed by atoms with van der Waals surface area (Å²) >= 11 is 0. The minimum Gasteiger partial charge on any atom is -0.493 e. The third kappa shape index (κ3) is 2.43. The third-order valence-corrected chi connectivity index (χ3v) is 3.58. The molecule has 2 aromatic rings. The summed E-state index contributed by atoms with van der Waals surface area (Å²) in [4.78, 5) is 0. The van der Waals surface area contributed by atoms with Crippen LogP contribution < -0.4 is 9.47 Å². The summed E-state index contributed by atoms with van der Waals surface area (Å²) in [6.07, 6.45) is 0. The summed E-state index contributed by atoms with van der Waals surface area (Å²) in [6, 6.07) is 14.5. The fraction of sp³-hybridized carbons (Fsp3) is 0.294. The second-order valence-corrected chi connectivity index (χ2v) is 5.13. The van der Waals surface area contributed by atoms with Gasteiger partial charge in [-0.3, -0.25) is 0 Å². The second-order valence-electron chi connectivity index (χ2n) is 5.13. The highest BCUT2D eigenvalue weighted by Gasteiger charge is 2.24. The Hall–Kier alpha value is -1.96. The monoisotopic (exact) mass is 254 g/mol. The SMILES string of the molecule is Cc1ccc(C)c(OCC2COc3ccccc32)c1. The third-order valence-electron chi connectivity index (χ3n) is 3.58. The molecule has 1 aliphatic rings. The minimum absolute atomic E-state index is 0.330. The molecule has 1 heterocycles. The molecule has 0 aromatic heterocycles. The maximum atomic E-state index is 5.98. The largest absolute Gasteiger partial charge is 0.493 e. The molecule has 3 rings (SSSR count). The van der Waals surface area contributed by atoms with Crippen molar-refractivity contribution < 1.29 is 9.47 Å². The zero-order valence-corrected chi connectivity index (χ0v) is 11.3. The van der Waals surface area contributed by atoms with E-state index in [0.717, 1.165) is 11.5 Å². The van der Waals surface area contributed by atoms with E-state index in [9.17, 15) is 0 Å². The lowest BCUT2D eigenvalue weighted by molar-refractivity contribution is 0.247. The summed E-state index contributed by atoms with van der Waals surface area (Å²) in [5.41, 5.74) is 3.66. The highest BCUT2D eigenvalue weighted by atomic mass is 16.5. The van der Waals surface area contributed by atoms with Gasteiger partial charge in [0.2, 0.25) is 0 Å². The number of rotatable bonds is 3. The summed E-state index contributed by atoms with van der Waals surface area (Å²) in [7, 11) is 0. The molecule has 98 valence electrons. The summed E-state index contributed by atoms with van der Waals surface area (Å²) < 4.78 is 11.7. The van der Waals surface area contributed by atoms with Crippen LogP contribution in [-0.4, -0.2) is 13.2 Å². The summed E-state index contributed by atoms with van der Waals surface area (Å²) in [5, 5.41) is 0. The number of fused-ring (bicyclic) bond motifs is 1. The van der Waals surface area contributed by atoms with Crippen molar-refractivity contribution in [2.45, 2.75) is 19.8 Å². The molecule has 0 N–H and O–H groups in total. The van der Waals surface area contributed by atoms with Crippen molar-refractivity contribution in [1.29, 1.82) is 0 Å². The molecule has 2 nitrogen and oxygen atoms in total. The van der Waals surface area contributed by atoms with Gasteiger partial charge < -0.3 is 9.47 Å². The molecular weight excluding hydrogens is 236 g/mol. The fourth-order valence-electron chi connectivity index (χ4n) is 2.42. The maximum absolute atomic E-state index is 5.98. The molecular formula is C17H18O2. The number of aryl methyl sites for hydroxylation is 2. The van der Waals surface area contributed by atoms with E-state index in [4.69, 9.17) is 9.47 Å². The number of para-hydroxylation sites is 1. The van der Waals surface area contributed by atoms with E-state index >= 15 is 0 Å². The molecule has 2 aromatic carbocycles. The van der Waals surface area contributed by atoms with Gasteiger partial charge in [0.1, 0.15) is 11.5 Å². The van der Waals surface area contributed by atoms with Crippen LogP contribution in [0.25, 0.3) is 0 Å². The average molecular weight is 254 g/mol. The van der Waals surface area contributed by atoms with Crippen molar-refractivity contribution in [1.82, 2.24) is 0 Å². The Morgan fingerprint density at radius 3 is 2.89 bits per heavy atom. The molecule has 0 bridgehead atoms. The fourth-order valence-corrected chi connectivity index (χ4v) is 2.42. The van der Waals surface area contributed by atoms with Gasteiger partial charge in [-0.1, -0.05) is 30.3 Å².